The van der Waals surface area contributed by atoms with E-state index in [1.165, 1.54) is 0 Å². The largest absolute Gasteiger partial charge is 0.243 e. The van der Waals surface area contributed by atoms with Crippen LogP contribution in [0.25, 0.3) is 6.08 Å². The zero-order valence-electron chi connectivity index (χ0n) is 12.8. The molecule has 22 heavy (non-hydrogen) atoms. The van der Waals surface area contributed by atoms with Gasteiger partial charge in [-0.2, -0.15) is 10.5 Å². The molecule has 0 unspecified atom stereocenters. The average Bonchev–Trinajstić information content (AvgIpc) is 2.62. The summed E-state index contributed by atoms with van der Waals surface area (Å²) in [6, 6.07) is 13.8. The highest BCUT2D eigenvalue weighted by Gasteiger charge is 2.30. The lowest BCUT2D eigenvalue weighted by atomic mass is 9.82. The third-order valence-electron chi connectivity index (χ3n) is 3.73. The van der Waals surface area contributed by atoms with Gasteiger partial charge in [-0.25, -0.2) is 9.98 Å². The molecular formula is C18H16N4. The molecule has 0 aromatic heterocycles. The van der Waals surface area contributed by atoms with Crippen LogP contribution in [-0.4, -0.2) is 11.4 Å². The van der Waals surface area contributed by atoms with E-state index in [4.69, 9.17) is 5.26 Å². The summed E-state index contributed by atoms with van der Waals surface area (Å²) in [6.07, 6.45) is 3.83. The van der Waals surface area contributed by atoms with E-state index in [0.717, 1.165) is 11.3 Å². The number of hydrogen-bond acceptors (Lipinski definition) is 4. The summed E-state index contributed by atoms with van der Waals surface area (Å²) in [4.78, 5) is 8.64. The first-order valence-electron chi connectivity index (χ1n) is 6.91. The van der Waals surface area contributed by atoms with Gasteiger partial charge in [0.25, 0.3) is 0 Å². The fourth-order valence-corrected chi connectivity index (χ4v) is 2.00. The minimum absolute atomic E-state index is 0.0557. The Morgan fingerprint density at radius 1 is 0.955 bits per heavy atom. The van der Waals surface area contributed by atoms with Crippen LogP contribution in [0.15, 0.2) is 57.8 Å². The van der Waals surface area contributed by atoms with E-state index in [2.05, 4.69) is 9.98 Å². The molecule has 1 aliphatic heterocycles. The van der Waals surface area contributed by atoms with E-state index >= 15 is 0 Å². The van der Waals surface area contributed by atoms with Gasteiger partial charge in [0.15, 0.2) is 11.4 Å². The maximum Gasteiger partial charge on any atom is 0.177 e. The van der Waals surface area contributed by atoms with Gasteiger partial charge in [-0.15, -0.1) is 0 Å². The summed E-state index contributed by atoms with van der Waals surface area (Å²) in [7, 11) is 0. The van der Waals surface area contributed by atoms with Crippen molar-refractivity contribution in [2.45, 2.75) is 20.8 Å². The maximum absolute atomic E-state index is 9.22. The lowest BCUT2D eigenvalue weighted by Crippen LogP contribution is -2.30. The molecule has 4 nitrogen and oxygen atoms in total. The predicted octanol–water partition coefficient (Wildman–Crippen LogP) is 3.90. The number of rotatable bonds is 2. The number of nitrogens with zero attached hydrogens (tertiary/aromatic N) is 4. The first-order chi connectivity index (χ1) is 10.5. The third-order valence-corrected chi connectivity index (χ3v) is 3.73. The van der Waals surface area contributed by atoms with Crippen molar-refractivity contribution in [3.63, 3.8) is 0 Å². The van der Waals surface area contributed by atoms with Crippen LogP contribution in [0.3, 0.4) is 0 Å². The van der Waals surface area contributed by atoms with Gasteiger partial charge in [0.1, 0.15) is 12.1 Å². The zero-order chi connectivity index (χ0) is 16.2. The molecule has 0 spiro atoms. The van der Waals surface area contributed by atoms with Crippen LogP contribution in [0.2, 0.25) is 0 Å². The van der Waals surface area contributed by atoms with Gasteiger partial charge in [0, 0.05) is 11.1 Å². The molecule has 1 aliphatic rings. The molecule has 1 aromatic carbocycles. The van der Waals surface area contributed by atoms with E-state index < -0.39 is 5.41 Å². The van der Waals surface area contributed by atoms with Crippen LogP contribution in [0, 0.1) is 28.1 Å². The molecule has 2 rings (SSSR count). The van der Waals surface area contributed by atoms with Crippen LogP contribution in [0.4, 0.5) is 0 Å². The highest BCUT2D eigenvalue weighted by atomic mass is 14.9. The Bertz CT molecular complexity index is 779. The molecule has 108 valence electrons. The maximum atomic E-state index is 9.22. The van der Waals surface area contributed by atoms with Crippen LogP contribution in [-0.2, 0) is 0 Å². The molecule has 0 fully saturated rings. The van der Waals surface area contributed by atoms with Crippen molar-refractivity contribution < 1.29 is 0 Å². The summed E-state index contributed by atoms with van der Waals surface area (Å²) < 4.78 is 0. The normalized spacial score (nSPS) is 17.3. The van der Waals surface area contributed by atoms with Gasteiger partial charge in [0.2, 0.25) is 0 Å². The standard InChI is InChI=1S/C18H16N4/c1-13-18(2,3)17(10-9-14-7-5-4-6-8-14)22-16(12-20)15(11-19)21-13/h4-10H,1-3H3. The molecule has 0 amide bonds. The summed E-state index contributed by atoms with van der Waals surface area (Å²) in [6.45, 7) is 5.81. The topological polar surface area (TPSA) is 72.3 Å². The Kier molecular flexibility index (Phi) is 4.34. The highest BCUT2D eigenvalue weighted by Crippen LogP contribution is 2.27. The van der Waals surface area contributed by atoms with Crippen molar-refractivity contribution in [1.82, 2.24) is 0 Å². The lowest BCUT2D eigenvalue weighted by Gasteiger charge is -2.23. The number of benzene rings is 1. The van der Waals surface area contributed by atoms with E-state index in [0.29, 0.717) is 5.71 Å². The summed E-state index contributed by atoms with van der Waals surface area (Å²) in [5.74, 6) is 0. The summed E-state index contributed by atoms with van der Waals surface area (Å²) in [5, 5.41) is 18.4. The van der Waals surface area contributed by atoms with Crippen molar-refractivity contribution in [2.75, 3.05) is 0 Å². The molecule has 0 atom stereocenters. The van der Waals surface area contributed by atoms with E-state index in [1.807, 2.05) is 75.4 Å². The molecule has 0 bridgehead atoms. The predicted molar refractivity (Wildman–Crippen MR) is 88.1 cm³/mol. The van der Waals surface area contributed by atoms with Crippen molar-refractivity contribution >= 4 is 17.5 Å². The van der Waals surface area contributed by atoms with E-state index in [9.17, 15) is 5.26 Å². The summed E-state index contributed by atoms with van der Waals surface area (Å²) >= 11 is 0. The highest BCUT2D eigenvalue weighted by molar-refractivity contribution is 6.17. The van der Waals surface area contributed by atoms with Crippen LogP contribution in [0.1, 0.15) is 26.3 Å². The van der Waals surface area contributed by atoms with Crippen molar-refractivity contribution in [1.29, 1.82) is 10.5 Å². The van der Waals surface area contributed by atoms with Gasteiger partial charge in [-0.05, 0) is 32.4 Å². The van der Waals surface area contributed by atoms with Gasteiger partial charge in [0.05, 0.1) is 5.71 Å². The number of nitriles is 2. The van der Waals surface area contributed by atoms with Crippen molar-refractivity contribution in [2.24, 2.45) is 15.4 Å². The Morgan fingerprint density at radius 3 is 2.14 bits per heavy atom. The number of hydrogen-bond donors (Lipinski definition) is 0. The number of aliphatic imine (C=N–C) groups is 2. The van der Waals surface area contributed by atoms with E-state index in [1.54, 1.807) is 0 Å². The van der Waals surface area contributed by atoms with E-state index in [-0.39, 0.29) is 11.4 Å². The van der Waals surface area contributed by atoms with Crippen LogP contribution in [0.5, 0.6) is 0 Å². The first-order valence-corrected chi connectivity index (χ1v) is 6.91. The second kappa shape index (κ2) is 6.20. The summed E-state index contributed by atoms with van der Waals surface area (Å²) in [5.41, 5.74) is 2.18. The Morgan fingerprint density at radius 2 is 1.55 bits per heavy atom. The smallest absolute Gasteiger partial charge is 0.177 e. The molecule has 0 radical (unpaired) electrons. The number of allylic oxidation sites excluding steroid dienone is 3. The SMILES string of the molecule is CC1=NC(C#N)=C(C#N)N=C(C=Cc2ccccc2)C1(C)C. The Balaban J connectivity index is 2.53. The lowest BCUT2D eigenvalue weighted by molar-refractivity contribution is 0.728. The molecule has 4 heteroatoms. The van der Waals surface area contributed by atoms with Gasteiger partial charge < -0.3 is 0 Å². The minimum atomic E-state index is -0.452. The molecule has 0 aliphatic carbocycles. The van der Waals surface area contributed by atoms with Crippen LogP contribution >= 0.6 is 0 Å². The van der Waals surface area contributed by atoms with Crippen molar-refractivity contribution in [3.8, 4) is 12.1 Å². The fourth-order valence-electron chi connectivity index (χ4n) is 2.00. The molecular weight excluding hydrogens is 272 g/mol. The van der Waals surface area contributed by atoms with Crippen molar-refractivity contribution in [3.05, 3.63) is 53.4 Å². The molecule has 0 N–H and O–H groups in total. The second-order valence-electron chi connectivity index (χ2n) is 5.48. The average molecular weight is 288 g/mol. The first kappa shape index (κ1) is 15.4. The molecule has 0 saturated carbocycles. The third kappa shape index (κ3) is 3.02. The van der Waals surface area contributed by atoms with Crippen LogP contribution < -0.4 is 0 Å². The Hall–Kier alpha value is -2.98. The minimum Gasteiger partial charge on any atom is -0.243 e. The van der Waals surface area contributed by atoms with Gasteiger partial charge >= 0.3 is 0 Å². The molecule has 1 aromatic rings. The molecule has 0 saturated heterocycles. The van der Waals surface area contributed by atoms with Gasteiger partial charge in [-0.3, -0.25) is 0 Å². The van der Waals surface area contributed by atoms with Gasteiger partial charge in [-0.1, -0.05) is 36.4 Å². The Labute approximate surface area is 130 Å². The zero-order valence-corrected chi connectivity index (χ0v) is 12.8. The molecule has 1 heterocycles. The monoisotopic (exact) mass is 288 g/mol. The fraction of sp³-hybridized carbons (Fsp3) is 0.222. The quantitative estimate of drug-likeness (QED) is 0.827. The second-order valence-corrected chi connectivity index (χ2v) is 5.48.